The van der Waals surface area contributed by atoms with Crippen LogP contribution in [-0.4, -0.2) is 29.8 Å². The number of amides is 1. The molecule has 0 saturated heterocycles. The summed E-state index contributed by atoms with van der Waals surface area (Å²) in [6.45, 7) is 2.09. The fraction of sp³-hybridized carbons (Fsp3) is 0.588. The zero-order valence-electron chi connectivity index (χ0n) is 12.7. The first-order valence-corrected chi connectivity index (χ1v) is 7.91. The smallest absolute Gasteiger partial charge is 0.251 e. The van der Waals surface area contributed by atoms with Crippen LogP contribution in [0.4, 0.5) is 0 Å². The maximum absolute atomic E-state index is 12.2. The molecule has 0 radical (unpaired) electrons. The van der Waals surface area contributed by atoms with E-state index in [0.717, 1.165) is 25.0 Å². The van der Waals surface area contributed by atoms with Crippen molar-refractivity contribution in [2.24, 2.45) is 0 Å². The molecule has 2 rings (SSSR count). The molecule has 116 valence electrons. The first kappa shape index (κ1) is 15.8. The Morgan fingerprint density at radius 3 is 2.86 bits per heavy atom. The van der Waals surface area contributed by atoms with Crippen molar-refractivity contribution in [1.82, 2.24) is 5.32 Å². The minimum absolute atomic E-state index is 0.0157. The number of rotatable bonds is 7. The lowest BCUT2D eigenvalue weighted by Crippen LogP contribution is -2.35. The van der Waals surface area contributed by atoms with Crippen LogP contribution in [0.3, 0.4) is 0 Å². The molecule has 1 aliphatic carbocycles. The van der Waals surface area contributed by atoms with Crippen molar-refractivity contribution in [3.63, 3.8) is 0 Å². The monoisotopic (exact) mass is 291 g/mol. The Morgan fingerprint density at radius 1 is 1.43 bits per heavy atom. The molecule has 2 N–H and O–H groups in total. The highest BCUT2D eigenvalue weighted by atomic mass is 16.5. The summed E-state index contributed by atoms with van der Waals surface area (Å²) in [6.07, 6.45) is 6.34. The summed E-state index contributed by atoms with van der Waals surface area (Å²) < 4.78 is 5.92. The molecule has 0 aromatic heterocycles. The Labute approximate surface area is 126 Å². The normalized spacial score (nSPS) is 16.7. The summed E-state index contributed by atoms with van der Waals surface area (Å²) in [5.41, 5.74) is 0.613. The second-order valence-corrected chi connectivity index (χ2v) is 5.64. The molecule has 1 atom stereocenters. The molecule has 0 aliphatic heterocycles. The van der Waals surface area contributed by atoms with Gasteiger partial charge in [0.1, 0.15) is 5.75 Å². The second-order valence-electron chi connectivity index (χ2n) is 5.64. The van der Waals surface area contributed by atoms with Gasteiger partial charge in [-0.15, -0.1) is 0 Å². The summed E-state index contributed by atoms with van der Waals surface area (Å²) in [5, 5.41) is 11.9. The molecule has 4 nitrogen and oxygen atoms in total. The summed E-state index contributed by atoms with van der Waals surface area (Å²) in [6, 6.07) is 7.37. The van der Waals surface area contributed by atoms with Crippen LogP contribution in [0.25, 0.3) is 0 Å². The van der Waals surface area contributed by atoms with E-state index in [1.807, 2.05) is 19.1 Å². The second kappa shape index (κ2) is 8.03. The molecule has 1 amide bonds. The fourth-order valence-electron chi connectivity index (χ4n) is 2.71. The lowest BCUT2D eigenvalue weighted by Gasteiger charge is -2.17. The maximum Gasteiger partial charge on any atom is 0.251 e. The first-order valence-electron chi connectivity index (χ1n) is 7.91. The van der Waals surface area contributed by atoms with Crippen LogP contribution in [0.15, 0.2) is 24.3 Å². The number of carbonyl (C=O) groups is 1. The highest BCUT2D eigenvalue weighted by molar-refractivity contribution is 5.94. The third kappa shape index (κ3) is 4.74. The average molecular weight is 291 g/mol. The van der Waals surface area contributed by atoms with Gasteiger partial charge < -0.3 is 15.2 Å². The SMILES string of the molecule is CCC(CCO)NC(=O)c1cccc(OC2CCCC2)c1. The number of hydrogen-bond donors (Lipinski definition) is 2. The van der Waals surface area contributed by atoms with Crippen molar-refractivity contribution in [3.8, 4) is 5.75 Å². The third-order valence-electron chi connectivity index (χ3n) is 4.01. The van der Waals surface area contributed by atoms with Crippen LogP contribution in [0.1, 0.15) is 55.8 Å². The van der Waals surface area contributed by atoms with Gasteiger partial charge in [-0.3, -0.25) is 4.79 Å². The predicted octanol–water partition coefficient (Wildman–Crippen LogP) is 2.90. The number of benzene rings is 1. The zero-order chi connectivity index (χ0) is 15.1. The molecule has 4 heteroatoms. The van der Waals surface area contributed by atoms with Gasteiger partial charge in [0.2, 0.25) is 0 Å². The van der Waals surface area contributed by atoms with Crippen molar-refractivity contribution in [2.75, 3.05) is 6.61 Å². The van der Waals surface area contributed by atoms with Crippen molar-refractivity contribution < 1.29 is 14.6 Å². The van der Waals surface area contributed by atoms with Gasteiger partial charge in [-0.05, 0) is 56.7 Å². The molecule has 1 saturated carbocycles. The van der Waals surface area contributed by atoms with E-state index in [2.05, 4.69) is 5.32 Å². The summed E-state index contributed by atoms with van der Waals surface area (Å²) in [4.78, 5) is 12.2. The van der Waals surface area contributed by atoms with E-state index in [4.69, 9.17) is 9.84 Å². The third-order valence-corrected chi connectivity index (χ3v) is 4.01. The summed E-state index contributed by atoms with van der Waals surface area (Å²) in [5.74, 6) is 0.664. The van der Waals surface area contributed by atoms with Crippen LogP contribution in [0.2, 0.25) is 0 Å². The molecule has 1 aliphatic rings. The van der Waals surface area contributed by atoms with E-state index in [0.29, 0.717) is 18.1 Å². The van der Waals surface area contributed by atoms with Gasteiger partial charge in [-0.2, -0.15) is 0 Å². The van der Waals surface area contributed by atoms with Gasteiger partial charge in [0, 0.05) is 18.2 Å². The Kier molecular flexibility index (Phi) is 6.05. The minimum Gasteiger partial charge on any atom is -0.490 e. The Bertz CT molecular complexity index is 455. The minimum atomic E-state index is -0.104. The van der Waals surface area contributed by atoms with Crippen molar-refractivity contribution in [2.45, 2.75) is 57.6 Å². The maximum atomic E-state index is 12.2. The highest BCUT2D eigenvalue weighted by Crippen LogP contribution is 2.24. The van der Waals surface area contributed by atoms with E-state index < -0.39 is 0 Å². The molecule has 1 aromatic rings. The number of aliphatic hydroxyl groups is 1. The van der Waals surface area contributed by atoms with E-state index in [-0.39, 0.29) is 18.6 Å². The summed E-state index contributed by atoms with van der Waals surface area (Å²) >= 11 is 0. The quantitative estimate of drug-likeness (QED) is 0.812. The highest BCUT2D eigenvalue weighted by Gasteiger charge is 2.17. The van der Waals surface area contributed by atoms with Crippen LogP contribution in [0, 0.1) is 0 Å². The molecule has 21 heavy (non-hydrogen) atoms. The van der Waals surface area contributed by atoms with Crippen LogP contribution in [0.5, 0.6) is 5.75 Å². The first-order chi connectivity index (χ1) is 10.2. The Morgan fingerprint density at radius 2 is 2.19 bits per heavy atom. The standard InChI is InChI=1S/C17H25NO3/c1-2-14(10-11-19)18-17(20)13-6-5-9-16(12-13)21-15-7-3-4-8-15/h5-6,9,12,14-15,19H,2-4,7-8,10-11H2,1H3,(H,18,20). The van der Waals surface area contributed by atoms with E-state index >= 15 is 0 Å². The van der Waals surface area contributed by atoms with Gasteiger partial charge in [0.25, 0.3) is 5.91 Å². The molecule has 0 bridgehead atoms. The van der Waals surface area contributed by atoms with E-state index in [9.17, 15) is 4.79 Å². The van der Waals surface area contributed by atoms with E-state index in [1.54, 1.807) is 12.1 Å². The molecule has 1 aromatic carbocycles. The van der Waals surface area contributed by atoms with Gasteiger partial charge in [0.15, 0.2) is 0 Å². The molecule has 0 heterocycles. The molecule has 0 spiro atoms. The van der Waals surface area contributed by atoms with Crippen molar-refractivity contribution >= 4 is 5.91 Å². The van der Waals surface area contributed by atoms with Crippen molar-refractivity contribution in [1.29, 1.82) is 0 Å². The molecular weight excluding hydrogens is 266 g/mol. The largest absolute Gasteiger partial charge is 0.490 e. The van der Waals surface area contributed by atoms with Crippen LogP contribution >= 0.6 is 0 Å². The molecule has 1 fully saturated rings. The lowest BCUT2D eigenvalue weighted by molar-refractivity contribution is 0.0928. The van der Waals surface area contributed by atoms with Crippen molar-refractivity contribution in [3.05, 3.63) is 29.8 Å². The predicted molar refractivity (Wildman–Crippen MR) is 82.6 cm³/mol. The number of carbonyl (C=O) groups excluding carboxylic acids is 1. The topological polar surface area (TPSA) is 58.6 Å². The molecular formula is C17H25NO3. The van der Waals surface area contributed by atoms with Gasteiger partial charge >= 0.3 is 0 Å². The van der Waals surface area contributed by atoms with Gasteiger partial charge in [-0.25, -0.2) is 0 Å². The average Bonchev–Trinajstić information content (AvgIpc) is 3.00. The lowest BCUT2D eigenvalue weighted by atomic mass is 10.1. The van der Waals surface area contributed by atoms with Crippen LogP contribution < -0.4 is 10.1 Å². The number of hydrogen-bond acceptors (Lipinski definition) is 3. The Balaban J connectivity index is 1.96. The van der Waals surface area contributed by atoms with E-state index in [1.165, 1.54) is 12.8 Å². The van der Waals surface area contributed by atoms with Crippen LogP contribution in [-0.2, 0) is 0 Å². The summed E-state index contributed by atoms with van der Waals surface area (Å²) in [7, 11) is 0. The number of ether oxygens (including phenoxy) is 1. The molecule has 1 unspecified atom stereocenters. The number of nitrogens with one attached hydrogen (secondary N) is 1. The zero-order valence-corrected chi connectivity index (χ0v) is 12.7. The Hall–Kier alpha value is -1.55. The van der Waals surface area contributed by atoms with Gasteiger partial charge in [-0.1, -0.05) is 13.0 Å². The van der Waals surface area contributed by atoms with Gasteiger partial charge in [0.05, 0.1) is 6.10 Å². The fourth-order valence-corrected chi connectivity index (χ4v) is 2.71. The number of aliphatic hydroxyl groups excluding tert-OH is 1.